The predicted molar refractivity (Wildman–Crippen MR) is 90.4 cm³/mol. The summed E-state index contributed by atoms with van der Waals surface area (Å²) in [6.45, 7) is 4.61. The maximum atomic E-state index is 11.9. The van der Waals surface area contributed by atoms with E-state index in [1.165, 1.54) is 4.88 Å². The van der Waals surface area contributed by atoms with Crippen molar-refractivity contribution in [2.24, 2.45) is 0 Å². The van der Waals surface area contributed by atoms with E-state index in [2.05, 4.69) is 29.7 Å². The van der Waals surface area contributed by atoms with Crippen molar-refractivity contribution >= 4 is 28.7 Å². The quantitative estimate of drug-likeness (QED) is 0.903. The van der Waals surface area contributed by atoms with Gasteiger partial charge in [-0.1, -0.05) is 0 Å². The average Bonchev–Trinajstić information content (AvgIpc) is 2.84. The molecule has 2 aromatic rings. The number of carbonyl (C=O) groups excluding carboxylic acids is 1. The fourth-order valence-corrected chi connectivity index (χ4v) is 2.81. The number of benzene rings is 1. The van der Waals surface area contributed by atoms with Crippen molar-refractivity contribution in [3.05, 3.63) is 45.6 Å². The zero-order valence-corrected chi connectivity index (χ0v) is 13.7. The number of anilines is 2. The number of hydrogen-bond donors (Lipinski definition) is 2. The van der Waals surface area contributed by atoms with Gasteiger partial charge in [0.25, 0.3) is 0 Å². The first-order valence-electron chi connectivity index (χ1n) is 6.84. The van der Waals surface area contributed by atoms with E-state index in [-0.39, 0.29) is 6.03 Å². The third-order valence-electron chi connectivity index (χ3n) is 3.19. The van der Waals surface area contributed by atoms with Crippen LogP contribution < -0.4 is 15.5 Å². The normalized spacial score (nSPS) is 10.3. The molecule has 0 radical (unpaired) electrons. The van der Waals surface area contributed by atoms with Crippen LogP contribution in [0.2, 0.25) is 0 Å². The Morgan fingerprint density at radius 2 is 1.95 bits per heavy atom. The minimum absolute atomic E-state index is 0.179. The number of rotatable bonds is 4. The van der Waals surface area contributed by atoms with Gasteiger partial charge >= 0.3 is 6.03 Å². The molecule has 0 aliphatic heterocycles. The van der Waals surface area contributed by atoms with Gasteiger partial charge in [0.2, 0.25) is 0 Å². The Kier molecular flexibility index (Phi) is 4.85. The summed E-state index contributed by atoms with van der Waals surface area (Å²) in [6.07, 6.45) is 0. The molecule has 5 heteroatoms. The molecular weight excluding hydrogens is 282 g/mol. The molecule has 0 aliphatic carbocycles. The van der Waals surface area contributed by atoms with E-state index in [4.69, 9.17) is 0 Å². The average molecular weight is 303 g/mol. The minimum Gasteiger partial charge on any atom is -0.378 e. The molecule has 0 bridgehead atoms. The molecule has 0 aliphatic rings. The second kappa shape index (κ2) is 6.63. The molecule has 1 heterocycles. The molecule has 21 heavy (non-hydrogen) atoms. The summed E-state index contributed by atoms with van der Waals surface area (Å²) < 4.78 is 0. The molecule has 0 atom stereocenters. The van der Waals surface area contributed by atoms with Gasteiger partial charge in [0.1, 0.15) is 0 Å². The molecule has 2 rings (SSSR count). The lowest BCUT2D eigenvalue weighted by atomic mass is 10.1. The lowest BCUT2D eigenvalue weighted by Crippen LogP contribution is -2.28. The molecule has 2 N–H and O–H groups in total. The first-order chi connectivity index (χ1) is 9.95. The zero-order valence-electron chi connectivity index (χ0n) is 12.9. The first-order valence-corrected chi connectivity index (χ1v) is 7.65. The van der Waals surface area contributed by atoms with Crippen LogP contribution in [0.4, 0.5) is 16.2 Å². The summed E-state index contributed by atoms with van der Waals surface area (Å²) in [7, 11) is 4.00. The molecule has 0 unspecified atom stereocenters. The van der Waals surface area contributed by atoms with Crippen molar-refractivity contribution in [1.29, 1.82) is 0 Å². The smallest absolute Gasteiger partial charge is 0.319 e. The summed E-state index contributed by atoms with van der Waals surface area (Å²) in [5.41, 5.74) is 3.00. The Balaban J connectivity index is 1.93. The van der Waals surface area contributed by atoms with Crippen LogP contribution in [-0.4, -0.2) is 20.1 Å². The number of nitrogens with one attached hydrogen (secondary N) is 2. The zero-order chi connectivity index (χ0) is 15.4. The Bertz CT molecular complexity index is 634. The molecule has 0 saturated heterocycles. The Labute approximate surface area is 129 Å². The van der Waals surface area contributed by atoms with Gasteiger partial charge in [0.15, 0.2) is 0 Å². The number of nitrogens with zero attached hydrogens (tertiary/aromatic N) is 1. The van der Waals surface area contributed by atoms with E-state index in [0.29, 0.717) is 6.54 Å². The van der Waals surface area contributed by atoms with E-state index in [0.717, 1.165) is 21.8 Å². The highest BCUT2D eigenvalue weighted by atomic mass is 32.1. The van der Waals surface area contributed by atoms with Gasteiger partial charge < -0.3 is 15.5 Å². The maximum Gasteiger partial charge on any atom is 0.319 e. The SMILES string of the molecule is Cc1ccc(CNC(=O)Nc2ccc(N(C)C)cc2C)s1. The summed E-state index contributed by atoms with van der Waals surface area (Å²) in [4.78, 5) is 16.4. The molecule has 2 amide bonds. The number of amides is 2. The van der Waals surface area contributed by atoms with Gasteiger partial charge in [0.05, 0.1) is 6.54 Å². The van der Waals surface area contributed by atoms with Crippen molar-refractivity contribution in [1.82, 2.24) is 5.32 Å². The highest BCUT2D eigenvalue weighted by Gasteiger charge is 2.06. The molecule has 1 aromatic heterocycles. The van der Waals surface area contributed by atoms with E-state index in [1.54, 1.807) is 11.3 Å². The van der Waals surface area contributed by atoms with Gasteiger partial charge in [0, 0.05) is 35.2 Å². The maximum absolute atomic E-state index is 11.9. The first kappa shape index (κ1) is 15.4. The monoisotopic (exact) mass is 303 g/mol. The molecule has 0 fully saturated rings. The predicted octanol–water partition coefficient (Wildman–Crippen LogP) is 3.75. The van der Waals surface area contributed by atoms with E-state index in [1.807, 2.05) is 44.1 Å². The summed E-state index contributed by atoms with van der Waals surface area (Å²) in [6, 6.07) is 9.89. The molecule has 1 aromatic carbocycles. The standard InChI is InChI=1S/C16H21N3OS/c1-11-9-13(19(3)4)6-8-15(11)18-16(20)17-10-14-7-5-12(2)21-14/h5-9H,10H2,1-4H3,(H2,17,18,20). The van der Waals surface area contributed by atoms with Crippen molar-refractivity contribution in [2.45, 2.75) is 20.4 Å². The Morgan fingerprint density at radius 3 is 2.52 bits per heavy atom. The molecule has 0 spiro atoms. The van der Waals surface area contributed by atoms with Crippen molar-refractivity contribution in [3.8, 4) is 0 Å². The number of hydrogen-bond acceptors (Lipinski definition) is 3. The van der Waals surface area contributed by atoms with Gasteiger partial charge in [-0.15, -0.1) is 11.3 Å². The summed E-state index contributed by atoms with van der Waals surface area (Å²) >= 11 is 1.70. The van der Waals surface area contributed by atoms with Crippen molar-refractivity contribution in [3.63, 3.8) is 0 Å². The van der Waals surface area contributed by atoms with E-state index in [9.17, 15) is 4.79 Å². The van der Waals surface area contributed by atoms with Gasteiger partial charge in [-0.25, -0.2) is 4.79 Å². The van der Waals surface area contributed by atoms with Gasteiger partial charge in [-0.05, 0) is 49.7 Å². The van der Waals surface area contributed by atoms with Crippen LogP contribution in [0.5, 0.6) is 0 Å². The van der Waals surface area contributed by atoms with Crippen molar-refractivity contribution < 1.29 is 4.79 Å². The summed E-state index contributed by atoms with van der Waals surface area (Å²) in [5, 5.41) is 5.76. The van der Waals surface area contributed by atoms with Crippen molar-refractivity contribution in [2.75, 3.05) is 24.3 Å². The summed E-state index contributed by atoms with van der Waals surface area (Å²) in [5.74, 6) is 0. The molecule has 4 nitrogen and oxygen atoms in total. The van der Waals surface area contributed by atoms with Crippen LogP contribution >= 0.6 is 11.3 Å². The Hall–Kier alpha value is -2.01. The van der Waals surface area contributed by atoms with E-state index >= 15 is 0 Å². The van der Waals surface area contributed by atoms with Crippen LogP contribution in [0.1, 0.15) is 15.3 Å². The van der Waals surface area contributed by atoms with Crippen LogP contribution in [0.15, 0.2) is 30.3 Å². The fraction of sp³-hybridized carbons (Fsp3) is 0.312. The second-order valence-electron chi connectivity index (χ2n) is 5.21. The topological polar surface area (TPSA) is 44.4 Å². The van der Waals surface area contributed by atoms with E-state index < -0.39 is 0 Å². The fourth-order valence-electron chi connectivity index (χ4n) is 1.98. The highest BCUT2D eigenvalue weighted by Crippen LogP contribution is 2.21. The second-order valence-corrected chi connectivity index (χ2v) is 6.59. The third kappa shape index (κ3) is 4.23. The Morgan fingerprint density at radius 1 is 1.19 bits per heavy atom. The molecule has 112 valence electrons. The molecule has 0 saturated carbocycles. The molecular formula is C16H21N3OS. The number of carbonyl (C=O) groups is 1. The number of aryl methyl sites for hydroxylation is 2. The third-order valence-corrected chi connectivity index (χ3v) is 4.19. The minimum atomic E-state index is -0.179. The number of thiophene rings is 1. The lowest BCUT2D eigenvalue weighted by Gasteiger charge is -2.15. The highest BCUT2D eigenvalue weighted by molar-refractivity contribution is 7.11. The lowest BCUT2D eigenvalue weighted by molar-refractivity contribution is 0.252. The van der Waals surface area contributed by atoms with Gasteiger partial charge in [-0.2, -0.15) is 0 Å². The largest absolute Gasteiger partial charge is 0.378 e. The van der Waals surface area contributed by atoms with Crippen LogP contribution in [0.3, 0.4) is 0 Å². The number of urea groups is 1. The van der Waals surface area contributed by atoms with Crippen LogP contribution in [0.25, 0.3) is 0 Å². The van der Waals surface area contributed by atoms with Crippen LogP contribution in [0, 0.1) is 13.8 Å². The van der Waals surface area contributed by atoms with Crippen LogP contribution in [-0.2, 0) is 6.54 Å². The van der Waals surface area contributed by atoms with Gasteiger partial charge in [-0.3, -0.25) is 0 Å².